The molecule has 2 atom stereocenters. The fourth-order valence-corrected chi connectivity index (χ4v) is 2.67. The van der Waals surface area contributed by atoms with E-state index in [4.69, 9.17) is 9.47 Å². The molecule has 1 N–H and O–H groups in total. The van der Waals surface area contributed by atoms with E-state index in [2.05, 4.69) is 4.98 Å². The Bertz CT molecular complexity index is 679. The highest BCUT2D eigenvalue weighted by atomic mass is 16.6. The number of ether oxygens (including phenoxy) is 2. The Morgan fingerprint density at radius 3 is 2.65 bits per heavy atom. The van der Waals surface area contributed by atoms with Gasteiger partial charge < -0.3 is 19.1 Å². The molecule has 1 saturated carbocycles. The standard InChI is InChI=1S/C17H20N2O4/c1-12(13-6-4-3-5-7-13)19-11-18-10-14(19)15(20)23-17(8-9-17)16(21)22-2/h3-7,10-12,15,20H,8-9H2,1-2H3/t12-,15?/m1/s1. The maximum absolute atomic E-state index is 11.8. The summed E-state index contributed by atoms with van der Waals surface area (Å²) in [6.45, 7) is 2.01. The van der Waals surface area contributed by atoms with Crippen molar-refractivity contribution in [1.82, 2.24) is 9.55 Å². The third-order valence-electron chi connectivity index (χ3n) is 4.25. The lowest BCUT2D eigenvalue weighted by molar-refractivity contribution is -0.188. The number of aliphatic hydroxyl groups excluding tert-OH is 1. The maximum atomic E-state index is 11.8. The number of hydrogen-bond donors (Lipinski definition) is 1. The van der Waals surface area contributed by atoms with Crippen LogP contribution in [0.15, 0.2) is 42.9 Å². The Labute approximate surface area is 134 Å². The van der Waals surface area contributed by atoms with Crippen molar-refractivity contribution in [1.29, 1.82) is 0 Å². The third kappa shape index (κ3) is 3.00. The molecule has 23 heavy (non-hydrogen) atoms. The minimum Gasteiger partial charge on any atom is -0.467 e. The molecule has 1 unspecified atom stereocenters. The van der Waals surface area contributed by atoms with Crippen LogP contribution >= 0.6 is 0 Å². The molecule has 0 aliphatic heterocycles. The first kappa shape index (κ1) is 15.7. The zero-order chi connectivity index (χ0) is 16.4. The number of carbonyl (C=O) groups excluding carboxylic acids is 1. The number of aliphatic hydroxyl groups is 1. The summed E-state index contributed by atoms with van der Waals surface area (Å²) in [5, 5.41) is 10.4. The molecule has 0 amide bonds. The smallest absolute Gasteiger partial charge is 0.338 e. The molecule has 3 rings (SSSR count). The summed E-state index contributed by atoms with van der Waals surface area (Å²) in [7, 11) is 1.32. The van der Waals surface area contributed by atoms with Gasteiger partial charge in [0.15, 0.2) is 11.9 Å². The number of nitrogens with zero attached hydrogens (tertiary/aromatic N) is 2. The summed E-state index contributed by atoms with van der Waals surface area (Å²) in [6.07, 6.45) is 3.08. The monoisotopic (exact) mass is 316 g/mol. The van der Waals surface area contributed by atoms with Crippen molar-refractivity contribution in [3.63, 3.8) is 0 Å². The lowest BCUT2D eigenvalue weighted by Gasteiger charge is -2.22. The molecular formula is C17H20N2O4. The van der Waals surface area contributed by atoms with Crippen molar-refractivity contribution < 1.29 is 19.4 Å². The van der Waals surface area contributed by atoms with E-state index in [1.807, 2.05) is 41.8 Å². The number of carbonyl (C=O) groups is 1. The molecule has 6 nitrogen and oxygen atoms in total. The fourth-order valence-electron chi connectivity index (χ4n) is 2.67. The second-order valence-corrected chi connectivity index (χ2v) is 5.77. The number of aromatic nitrogens is 2. The first-order valence-electron chi connectivity index (χ1n) is 7.58. The third-order valence-corrected chi connectivity index (χ3v) is 4.25. The van der Waals surface area contributed by atoms with E-state index in [0.717, 1.165) is 5.56 Å². The molecule has 1 aromatic heterocycles. The summed E-state index contributed by atoms with van der Waals surface area (Å²) in [5.74, 6) is -0.446. The number of esters is 1. The van der Waals surface area contributed by atoms with Crippen LogP contribution in [0.4, 0.5) is 0 Å². The van der Waals surface area contributed by atoms with Gasteiger partial charge >= 0.3 is 5.97 Å². The molecule has 6 heteroatoms. The van der Waals surface area contributed by atoms with Crippen LogP contribution in [0.5, 0.6) is 0 Å². The zero-order valence-electron chi connectivity index (χ0n) is 13.2. The van der Waals surface area contributed by atoms with Crippen LogP contribution in [0.3, 0.4) is 0 Å². The molecule has 1 fully saturated rings. The van der Waals surface area contributed by atoms with E-state index < -0.39 is 17.9 Å². The van der Waals surface area contributed by atoms with Gasteiger partial charge in [0.2, 0.25) is 0 Å². The summed E-state index contributed by atoms with van der Waals surface area (Å²) in [4.78, 5) is 15.9. The van der Waals surface area contributed by atoms with Crippen LogP contribution in [0.1, 0.15) is 43.4 Å². The minimum atomic E-state index is -1.23. The maximum Gasteiger partial charge on any atom is 0.338 e. The average molecular weight is 316 g/mol. The Morgan fingerprint density at radius 2 is 2.04 bits per heavy atom. The van der Waals surface area contributed by atoms with Crippen LogP contribution in [0.25, 0.3) is 0 Å². The number of methoxy groups -OCH3 is 1. The van der Waals surface area contributed by atoms with Crippen molar-refractivity contribution in [2.45, 2.75) is 37.7 Å². The molecule has 0 spiro atoms. The molecule has 1 aromatic carbocycles. The Balaban J connectivity index is 1.80. The van der Waals surface area contributed by atoms with Crippen LogP contribution in [-0.2, 0) is 14.3 Å². The quantitative estimate of drug-likeness (QED) is 0.653. The van der Waals surface area contributed by atoms with E-state index in [1.165, 1.54) is 7.11 Å². The van der Waals surface area contributed by atoms with E-state index in [9.17, 15) is 9.90 Å². The van der Waals surface area contributed by atoms with Crippen molar-refractivity contribution in [2.24, 2.45) is 0 Å². The van der Waals surface area contributed by atoms with Gasteiger partial charge in [-0.25, -0.2) is 9.78 Å². The Kier molecular flexibility index (Phi) is 4.19. The normalized spacial score (nSPS) is 18.2. The molecule has 0 bridgehead atoms. The van der Waals surface area contributed by atoms with Gasteiger partial charge in [0.1, 0.15) is 0 Å². The molecule has 0 saturated heterocycles. The predicted molar refractivity (Wildman–Crippen MR) is 82.5 cm³/mol. The number of rotatable bonds is 6. The second-order valence-electron chi connectivity index (χ2n) is 5.77. The fraction of sp³-hybridized carbons (Fsp3) is 0.412. The number of hydrogen-bond acceptors (Lipinski definition) is 5. The van der Waals surface area contributed by atoms with E-state index in [1.54, 1.807) is 12.5 Å². The highest BCUT2D eigenvalue weighted by Gasteiger charge is 2.54. The van der Waals surface area contributed by atoms with Crippen LogP contribution < -0.4 is 0 Å². The largest absolute Gasteiger partial charge is 0.467 e. The molecule has 0 radical (unpaired) electrons. The van der Waals surface area contributed by atoms with Gasteiger partial charge in [-0.1, -0.05) is 30.3 Å². The number of imidazole rings is 1. The van der Waals surface area contributed by atoms with E-state index >= 15 is 0 Å². The molecule has 1 aliphatic carbocycles. The lowest BCUT2D eigenvalue weighted by atomic mass is 10.1. The molecule has 1 heterocycles. The molecular weight excluding hydrogens is 296 g/mol. The molecule has 1 aliphatic rings. The van der Waals surface area contributed by atoms with Crippen molar-refractivity contribution >= 4 is 5.97 Å². The summed E-state index contributed by atoms with van der Waals surface area (Å²) >= 11 is 0. The summed E-state index contributed by atoms with van der Waals surface area (Å²) in [5.41, 5.74) is 0.587. The van der Waals surface area contributed by atoms with Gasteiger partial charge in [-0.2, -0.15) is 0 Å². The van der Waals surface area contributed by atoms with Crippen molar-refractivity contribution in [3.05, 3.63) is 54.1 Å². The van der Waals surface area contributed by atoms with Crippen LogP contribution in [0, 0.1) is 0 Å². The van der Waals surface area contributed by atoms with Gasteiger partial charge in [0.25, 0.3) is 0 Å². The Morgan fingerprint density at radius 1 is 1.35 bits per heavy atom. The minimum absolute atomic E-state index is 0.0137. The first-order chi connectivity index (χ1) is 11.1. The topological polar surface area (TPSA) is 73.6 Å². The van der Waals surface area contributed by atoms with Gasteiger partial charge in [-0.3, -0.25) is 0 Å². The van der Waals surface area contributed by atoms with E-state index in [0.29, 0.717) is 18.5 Å². The highest BCUT2D eigenvalue weighted by Crippen LogP contribution is 2.43. The van der Waals surface area contributed by atoms with E-state index in [-0.39, 0.29) is 6.04 Å². The van der Waals surface area contributed by atoms with Crippen molar-refractivity contribution in [3.8, 4) is 0 Å². The SMILES string of the molecule is COC(=O)C1(OC(O)c2cncn2[C@H](C)c2ccccc2)CC1. The van der Waals surface area contributed by atoms with Crippen LogP contribution in [0.2, 0.25) is 0 Å². The molecule has 122 valence electrons. The predicted octanol–water partition coefficient (Wildman–Crippen LogP) is 2.21. The van der Waals surface area contributed by atoms with Gasteiger partial charge in [0, 0.05) is 0 Å². The zero-order valence-corrected chi connectivity index (χ0v) is 13.2. The average Bonchev–Trinajstić information content (AvgIpc) is 3.19. The van der Waals surface area contributed by atoms with Gasteiger partial charge in [-0.05, 0) is 25.3 Å². The van der Waals surface area contributed by atoms with Crippen molar-refractivity contribution in [2.75, 3.05) is 7.11 Å². The Hall–Kier alpha value is -2.18. The summed E-state index contributed by atoms with van der Waals surface area (Å²) in [6, 6.07) is 9.89. The molecule has 2 aromatic rings. The summed E-state index contributed by atoms with van der Waals surface area (Å²) < 4.78 is 12.2. The lowest BCUT2D eigenvalue weighted by Crippen LogP contribution is -2.30. The second kappa shape index (κ2) is 6.14. The first-order valence-corrected chi connectivity index (χ1v) is 7.58. The van der Waals surface area contributed by atoms with Gasteiger partial charge in [-0.15, -0.1) is 0 Å². The number of benzene rings is 1. The van der Waals surface area contributed by atoms with Crippen LogP contribution in [-0.4, -0.2) is 33.3 Å². The van der Waals surface area contributed by atoms with Gasteiger partial charge in [0.05, 0.1) is 31.4 Å². The highest BCUT2D eigenvalue weighted by molar-refractivity contribution is 5.82.